The summed E-state index contributed by atoms with van der Waals surface area (Å²) in [4.78, 5) is 4.10. The summed E-state index contributed by atoms with van der Waals surface area (Å²) in [5.74, 6) is 0.757. The molecule has 0 fully saturated rings. The van der Waals surface area contributed by atoms with Crippen molar-refractivity contribution in [3.8, 4) is 6.07 Å². The van der Waals surface area contributed by atoms with Gasteiger partial charge in [-0.15, -0.1) is 0 Å². The highest BCUT2D eigenvalue weighted by molar-refractivity contribution is 9.10. The molecule has 3 nitrogen and oxygen atoms in total. The van der Waals surface area contributed by atoms with Gasteiger partial charge in [-0.1, -0.05) is 11.6 Å². The van der Waals surface area contributed by atoms with E-state index < -0.39 is 0 Å². The second-order valence-corrected chi connectivity index (χ2v) is 3.96. The first-order chi connectivity index (χ1) is 6.74. The van der Waals surface area contributed by atoms with E-state index in [4.69, 9.17) is 16.9 Å². The van der Waals surface area contributed by atoms with E-state index in [-0.39, 0.29) is 0 Å². The maximum absolute atomic E-state index is 8.33. The van der Waals surface area contributed by atoms with Gasteiger partial charge in [-0.2, -0.15) is 5.26 Å². The Balaban J connectivity index is 2.47. The first kappa shape index (κ1) is 11.3. The molecule has 1 heterocycles. The first-order valence-corrected chi connectivity index (χ1v) is 5.33. The minimum atomic E-state index is 0.554. The largest absolute Gasteiger partial charge is 0.369 e. The summed E-state index contributed by atoms with van der Waals surface area (Å²) in [6.07, 6.45) is 2.95. The number of aromatic nitrogens is 1. The fourth-order valence-electron chi connectivity index (χ4n) is 0.919. The molecule has 1 rings (SSSR count). The number of nitrogens with one attached hydrogen (secondary N) is 1. The molecule has 0 atom stereocenters. The Morgan fingerprint density at radius 2 is 2.43 bits per heavy atom. The number of nitriles is 1. The van der Waals surface area contributed by atoms with Crippen molar-refractivity contribution >= 4 is 33.3 Å². The minimum absolute atomic E-state index is 0.554. The normalized spacial score (nSPS) is 9.50. The van der Waals surface area contributed by atoms with Crippen LogP contribution in [0.25, 0.3) is 0 Å². The third-order valence-corrected chi connectivity index (χ3v) is 2.38. The monoisotopic (exact) mass is 273 g/mol. The molecule has 0 unspecified atom stereocenters. The van der Waals surface area contributed by atoms with E-state index in [0.29, 0.717) is 11.4 Å². The molecule has 0 saturated heterocycles. The Labute approximate surface area is 96.2 Å². The summed E-state index contributed by atoms with van der Waals surface area (Å²) in [6, 6.07) is 3.86. The minimum Gasteiger partial charge on any atom is -0.369 e. The van der Waals surface area contributed by atoms with Gasteiger partial charge in [-0.25, -0.2) is 4.98 Å². The van der Waals surface area contributed by atoms with Crippen LogP contribution in [0.3, 0.4) is 0 Å². The molecule has 0 saturated carbocycles. The highest BCUT2D eigenvalue weighted by Gasteiger charge is 2.00. The number of anilines is 1. The fraction of sp³-hybridized carbons (Fsp3) is 0.333. The van der Waals surface area contributed by atoms with Crippen molar-refractivity contribution in [2.75, 3.05) is 11.9 Å². The summed E-state index contributed by atoms with van der Waals surface area (Å²) in [6.45, 7) is 0.737. The molecular weight excluding hydrogens is 265 g/mol. The quantitative estimate of drug-likeness (QED) is 0.858. The zero-order valence-electron chi connectivity index (χ0n) is 7.43. The van der Waals surface area contributed by atoms with Gasteiger partial charge in [0.2, 0.25) is 0 Å². The molecule has 0 aliphatic heterocycles. The standard InChI is InChI=1S/C9H9BrClN3/c10-8-5-7(11)6-14-9(8)13-4-2-1-3-12/h5-6H,1-2,4H2,(H,13,14). The maximum Gasteiger partial charge on any atom is 0.140 e. The van der Waals surface area contributed by atoms with Crippen molar-refractivity contribution < 1.29 is 0 Å². The van der Waals surface area contributed by atoms with Gasteiger partial charge in [0.25, 0.3) is 0 Å². The van der Waals surface area contributed by atoms with Crippen LogP contribution in [0.5, 0.6) is 0 Å². The van der Waals surface area contributed by atoms with Crippen LogP contribution in [0.15, 0.2) is 16.7 Å². The van der Waals surface area contributed by atoms with Crippen LogP contribution >= 0.6 is 27.5 Å². The molecule has 74 valence electrons. The SMILES string of the molecule is N#CCCCNc1ncc(Cl)cc1Br. The van der Waals surface area contributed by atoms with Gasteiger partial charge in [0, 0.05) is 19.2 Å². The second-order valence-electron chi connectivity index (χ2n) is 2.67. The smallest absolute Gasteiger partial charge is 0.140 e. The average molecular weight is 275 g/mol. The van der Waals surface area contributed by atoms with Gasteiger partial charge in [-0.05, 0) is 28.4 Å². The van der Waals surface area contributed by atoms with Crippen molar-refractivity contribution in [3.05, 3.63) is 21.8 Å². The Morgan fingerprint density at radius 3 is 3.07 bits per heavy atom. The number of pyridine rings is 1. The Kier molecular flexibility index (Phi) is 4.71. The molecule has 1 aromatic rings. The van der Waals surface area contributed by atoms with Gasteiger partial charge in [-0.3, -0.25) is 0 Å². The molecule has 0 aromatic carbocycles. The van der Waals surface area contributed by atoms with E-state index >= 15 is 0 Å². The average Bonchev–Trinajstić information content (AvgIpc) is 2.15. The molecule has 5 heteroatoms. The highest BCUT2D eigenvalue weighted by Crippen LogP contribution is 2.22. The van der Waals surface area contributed by atoms with E-state index in [1.54, 1.807) is 12.3 Å². The Hall–Kier alpha value is -0.790. The van der Waals surface area contributed by atoms with Gasteiger partial charge >= 0.3 is 0 Å². The van der Waals surface area contributed by atoms with Gasteiger partial charge in [0.15, 0.2) is 0 Å². The third kappa shape index (κ3) is 3.52. The summed E-state index contributed by atoms with van der Waals surface area (Å²) in [7, 11) is 0. The number of hydrogen-bond donors (Lipinski definition) is 1. The van der Waals surface area contributed by atoms with Crippen molar-refractivity contribution in [2.24, 2.45) is 0 Å². The molecule has 0 spiro atoms. The molecule has 1 aromatic heterocycles. The van der Waals surface area contributed by atoms with Crippen molar-refractivity contribution in [3.63, 3.8) is 0 Å². The van der Waals surface area contributed by atoms with Crippen molar-refractivity contribution in [1.29, 1.82) is 5.26 Å². The first-order valence-electron chi connectivity index (χ1n) is 4.16. The summed E-state index contributed by atoms with van der Waals surface area (Å²) in [5, 5.41) is 12.0. The topological polar surface area (TPSA) is 48.7 Å². The molecule has 0 aliphatic rings. The van der Waals surface area contributed by atoms with Crippen LogP contribution in [0.2, 0.25) is 5.02 Å². The lowest BCUT2D eigenvalue weighted by atomic mass is 10.3. The summed E-state index contributed by atoms with van der Waals surface area (Å²) < 4.78 is 0.835. The molecule has 0 radical (unpaired) electrons. The van der Waals surface area contributed by atoms with E-state index in [1.165, 1.54) is 0 Å². The van der Waals surface area contributed by atoms with Gasteiger partial charge in [0.05, 0.1) is 15.6 Å². The molecule has 0 bridgehead atoms. The summed E-state index contributed by atoms with van der Waals surface area (Å²) >= 11 is 9.08. The zero-order valence-corrected chi connectivity index (χ0v) is 9.77. The van der Waals surface area contributed by atoms with E-state index in [1.807, 2.05) is 0 Å². The maximum atomic E-state index is 8.33. The lowest BCUT2D eigenvalue weighted by molar-refractivity contribution is 0.891. The molecular formula is C9H9BrClN3. The van der Waals surface area contributed by atoms with E-state index in [0.717, 1.165) is 23.3 Å². The lowest BCUT2D eigenvalue weighted by Gasteiger charge is -2.05. The van der Waals surface area contributed by atoms with Crippen LogP contribution < -0.4 is 5.32 Å². The molecule has 14 heavy (non-hydrogen) atoms. The summed E-state index contributed by atoms with van der Waals surface area (Å²) in [5.41, 5.74) is 0. The van der Waals surface area contributed by atoms with Gasteiger partial charge in [0.1, 0.15) is 5.82 Å². The highest BCUT2D eigenvalue weighted by atomic mass is 79.9. The molecule has 0 amide bonds. The molecule has 0 aliphatic carbocycles. The fourth-order valence-corrected chi connectivity index (χ4v) is 1.70. The Morgan fingerprint density at radius 1 is 1.64 bits per heavy atom. The number of unbranched alkanes of at least 4 members (excludes halogenated alkanes) is 1. The number of rotatable bonds is 4. The van der Waals surface area contributed by atoms with Crippen LogP contribution in [0, 0.1) is 11.3 Å². The number of hydrogen-bond acceptors (Lipinski definition) is 3. The third-order valence-electron chi connectivity index (χ3n) is 1.57. The zero-order chi connectivity index (χ0) is 10.4. The van der Waals surface area contributed by atoms with Gasteiger partial charge < -0.3 is 5.32 Å². The second kappa shape index (κ2) is 5.84. The molecule has 1 N–H and O–H groups in total. The van der Waals surface area contributed by atoms with Crippen molar-refractivity contribution in [1.82, 2.24) is 4.98 Å². The lowest BCUT2D eigenvalue weighted by Crippen LogP contribution is -2.03. The number of nitrogens with zero attached hydrogens (tertiary/aromatic N) is 2. The van der Waals surface area contributed by atoms with Crippen LogP contribution in [0.4, 0.5) is 5.82 Å². The van der Waals surface area contributed by atoms with E-state index in [9.17, 15) is 0 Å². The number of halogens is 2. The van der Waals surface area contributed by atoms with Crippen LogP contribution in [-0.2, 0) is 0 Å². The van der Waals surface area contributed by atoms with Crippen LogP contribution in [-0.4, -0.2) is 11.5 Å². The van der Waals surface area contributed by atoms with Crippen molar-refractivity contribution in [2.45, 2.75) is 12.8 Å². The predicted molar refractivity (Wildman–Crippen MR) is 60.3 cm³/mol. The predicted octanol–water partition coefficient (Wildman–Crippen LogP) is 3.21. The van der Waals surface area contributed by atoms with Crippen LogP contribution in [0.1, 0.15) is 12.8 Å². The van der Waals surface area contributed by atoms with E-state index in [2.05, 4.69) is 32.3 Å². The Bertz CT molecular complexity index is 348.